The molecule has 2 rings (SSSR count). The molecule has 0 radical (unpaired) electrons. The predicted octanol–water partition coefficient (Wildman–Crippen LogP) is 2.67. The van der Waals surface area contributed by atoms with Crippen LogP contribution < -0.4 is 0 Å². The van der Waals surface area contributed by atoms with Gasteiger partial charge in [0.15, 0.2) is 0 Å². The van der Waals surface area contributed by atoms with Gasteiger partial charge in [-0.1, -0.05) is 35.3 Å². The summed E-state index contributed by atoms with van der Waals surface area (Å²) in [5, 5.41) is 1.09. The molecule has 0 aromatic heterocycles. The summed E-state index contributed by atoms with van der Waals surface area (Å²) in [5.41, 5.74) is 0.933. The van der Waals surface area contributed by atoms with Crippen molar-refractivity contribution in [3.63, 3.8) is 0 Å². The Hall–Kier alpha value is -0.810. The zero-order chi connectivity index (χ0) is 15.4. The molecular formula is C15H20Cl2N2O2. The monoisotopic (exact) mass is 330 g/mol. The normalized spacial score (nSPS) is 20.5. The highest BCUT2D eigenvalue weighted by atomic mass is 35.5. The van der Waals surface area contributed by atoms with E-state index in [0.29, 0.717) is 29.7 Å². The molecule has 116 valence electrons. The maximum Gasteiger partial charge on any atom is 0.324 e. The van der Waals surface area contributed by atoms with Crippen molar-refractivity contribution in [2.75, 3.05) is 33.3 Å². The average Bonchev–Trinajstić information content (AvgIpc) is 2.46. The molecule has 21 heavy (non-hydrogen) atoms. The highest BCUT2D eigenvalue weighted by Crippen LogP contribution is 2.27. The van der Waals surface area contributed by atoms with E-state index in [1.807, 2.05) is 26.1 Å². The van der Waals surface area contributed by atoms with Gasteiger partial charge in [-0.3, -0.25) is 9.69 Å². The summed E-state index contributed by atoms with van der Waals surface area (Å²) in [6, 6.07) is 5.31. The minimum Gasteiger partial charge on any atom is -0.465 e. The van der Waals surface area contributed by atoms with Crippen LogP contribution in [0.4, 0.5) is 0 Å². The molecule has 1 aliphatic rings. The van der Waals surface area contributed by atoms with Crippen LogP contribution in [0.5, 0.6) is 0 Å². The molecular weight excluding hydrogens is 311 g/mol. The van der Waals surface area contributed by atoms with E-state index in [2.05, 4.69) is 9.80 Å². The highest BCUT2D eigenvalue weighted by Gasteiger charge is 2.32. The van der Waals surface area contributed by atoms with E-state index >= 15 is 0 Å². The van der Waals surface area contributed by atoms with Crippen LogP contribution in [0, 0.1) is 0 Å². The van der Waals surface area contributed by atoms with Gasteiger partial charge in [-0.25, -0.2) is 0 Å². The van der Waals surface area contributed by atoms with E-state index in [9.17, 15) is 4.79 Å². The van der Waals surface area contributed by atoms with Crippen molar-refractivity contribution < 1.29 is 9.53 Å². The number of benzene rings is 1. The van der Waals surface area contributed by atoms with Crippen LogP contribution in [0.1, 0.15) is 12.5 Å². The number of halogens is 2. The van der Waals surface area contributed by atoms with E-state index in [1.54, 1.807) is 6.07 Å². The molecule has 1 aliphatic heterocycles. The first kappa shape index (κ1) is 16.6. The molecule has 0 amide bonds. The summed E-state index contributed by atoms with van der Waals surface area (Å²) in [4.78, 5) is 16.4. The Labute approximate surface area is 135 Å². The lowest BCUT2D eigenvalue weighted by Gasteiger charge is -2.38. The Morgan fingerprint density at radius 3 is 2.86 bits per heavy atom. The van der Waals surface area contributed by atoms with Crippen LogP contribution in [0.3, 0.4) is 0 Å². The molecule has 1 heterocycles. The Bertz CT molecular complexity index is 510. The number of ether oxygens (including phenoxy) is 1. The first-order chi connectivity index (χ1) is 10.0. The minimum absolute atomic E-state index is 0.179. The van der Waals surface area contributed by atoms with Gasteiger partial charge < -0.3 is 9.64 Å². The standard InChI is InChI=1S/C15H20Cl2N2O2/c1-3-21-15(20)13-10-18(2)7-8-19(13)9-11-5-4-6-12(16)14(11)17/h4-6,13H,3,7-10H2,1-2H3. The van der Waals surface area contributed by atoms with Gasteiger partial charge in [-0.05, 0) is 25.6 Å². The van der Waals surface area contributed by atoms with Gasteiger partial charge in [0, 0.05) is 26.2 Å². The van der Waals surface area contributed by atoms with Crippen LogP contribution in [0.2, 0.25) is 10.0 Å². The maximum absolute atomic E-state index is 12.1. The van der Waals surface area contributed by atoms with Crippen molar-refractivity contribution in [2.24, 2.45) is 0 Å². The molecule has 1 saturated heterocycles. The van der Waals surface area contributed by atoms with Gasteiger partial charge in [0.05, 0.1) is 16.7 Å². The lowest BCUT2D eigenvalue weighted by Crippen LogP contribution is -2.55. The molecule has 0 N–H and O–H groups in total. The molecule has 1 aromatic rings. The number of piperazine rings is 1. The molecule has 0 saturated carbocycles. The van der Waals surface area contributed by atoms with E-state index < -0.39 is 0 Å². The van der Waals surface area contributed by atoms with E-state index in [-0.39, 0.29) is 12.0 Å². The van der Waals surface area contributed by atoms with Crippen LogP contribution in [-0.4, -0.2) is 55.1 Å². The Kier molecular flexibility index (Phi) is 5.88. The van der Waals surface area contributed by atoms with Crippen LogP contribution in [0.15, 0.2) is 18.2 Å². The zero-order valence-corrected chi connectivity index (χ0v) is 13.8. The van der Waals surface area contributed by atoms with Gasteiger partial charge in [-0.15, -0.1) is 0 Å². The third-order valence-electron chi connectivity index (χ3n) is 3.66. The summed E-state index contributed by atoms with van der Waals surface area (Å²) in [6.45, 7) is 5.18. The SMILES string of the molecule is CCOC(=O)C1CN(C)CCN1Cc1cccc(Cl)c1Cl. The number of nitrogens with zero attached hydrogens (tertiary/aromatic N) is 2. The van der Waals surface area contributed by atoms with Gasteiger partial charge in [0.2, 0.25) is 0 Å². The largest absolute Gasteiger partial charge is 0.465 e. The lowest BCUT2D eigenvalue weighted by molar-refractivity contribution is -0.152. The van der Waals surface area contributed by atoms with Crippen molar-refractivity contribution in [3.8, 4) is 0 Å². The van der Waals surface area contributed by atoms with Crippen LogP contribution in [-0.2, 0) is 16.1 Å². The summed E-state index contributed by atoms with van der Waals surface area (Å²) in [5.74, 6) is -0.179. The van der Waals surface area contributed by atoms with Crippen molar-refractivity contribution in [2.45, 2.75) is 19.5 Å². The molecule has 0 spiro atoms. The molecule has 1 fully saturated rings. The fourth-order valence-electron chi connectivity index (χ4n) is 2.50. The number of hydrogen-bond donors (Lipinski definition) is 0. The van der Waals surface area contributed by atoms with E-state index in [1.165, 1.54) is 0 Å². The average molecular weight is 331 g/mol. The topological polar surface area (TPSA) is 32.8 Å². The second-order valence-corrected chi connectivity index (χ2v) is 6.00. The third-order valence-corrected chi connectivity index (χ3v) is 4.52. The molecule has 1 unspecified atom stereocenters. The minimum atomic E-state index is -0.265. The van der Waals surface area contributed by atoms with Crippen LogP contribution >= 0.6 is 23.2 Å². The summed E-state index contributed by atoms with van der Waals surface area (Å²) < 4.78 is 5.19. The van der Waals surface area contributed by atoms with E-state index in [4.69, 9.17) is 27.9 Å². The lowest BCUT2D eigenvalue weighted by atomic mass is 10.1. The Balaban J connectivity index is 2.15. The van der Waals surface area contributed by atoms with E-state index in [0.717, 1.165) is 18.7 Å². The fourth-order valence-corrected chi connectivity index (χ4v) is 2.88. The third kappa shape index (κ3) is 4.10. The van der Waals surface area contributed by atoms with Gasteiger partial charge >= 0.3 is 5.97 Å². The Morgan fingerprint density at radius 2 is 2.14 bits per heavy atom. The van der Waals surface area contributed by atoms with Crippen molar-refractivity contribution >= 4 is 29.2 Å². The summed E-state index contributed by atoms with van der Waals surface area (Å²) in [6.07, 6.45) is 0. The zero-order valence-electron chi connectivity index (χ0n) is 12.3. The van der Waals surface area contributed by atoms with Crippen molar-refractivity contribution in [3.05, 3.63) is 33.8 Å². The number of rotatable bonds is 4. The number of likely N-dealkylation sites (N-methyl/N-ethyl adjacent to an activating group) is 1. The fraction of sp³-hybridized carbons (Fsp3) is 0.533. The molecule has 0 aliphatic carbocycles. The van der Waals surface area contributed by atoms with Crippen molar-refractivity contribution in [1.82, 2.24) is 9.80 Å². The molecule has 6 heteroatoms. The number of hydrogen-bond acceptors (Lipinski definition) is 4. The smallest absolute Gasteiger partial charge is 0.324 e. The molecule has 1 aromatic carbocycles. The summed E-state index contributed by atoms with van der Waals surface area (Å²) >= 11 is 12.3. The van der Waals surface area contributed by atoms with Gasteiger partial charge in [-0.2, -0.15) is 0 Å². The molecule has 0 bridgehead atoms. The van der Waals surface area contributed by atoms with Gasteiger partial charge in [0.1, 0.15) is 6.04 Å². The summed E-state index contributed by atoms with van der Waals surface area (Å²) in [7, 11) is 2.01. The second-order valence-electron chi connectivity index (χ2n) is 5.21. The molecule has 1 atom stereocenters. The predicted molar refractivity (Wildman–Crippen MR) is 84.8 cm³/mol. The first-order valence-electron chi connectivity index (χ1n) is 7.05. The first-order valence-corrected chi connectivity index (χ1v) is 7.80. The number of carbonyl (C=O) groups is 1. The number of carbonyl (C=O) groups excluding carboxylic acids is 1. The Morgan fingerprint density at radius 1 is 1.38 bits per heavy atom. The van der Waals surface area contributed by atoms with Crippen molar-refractivity contribution in [1.29, 1.82) is 0 Å². The maximum atomic E-state index is 12.1. The quantitative estimate of drug-likeness (QED) is 0.794. The van der Waals surface area contributed by atoms with Gasteiger partial charge in [0.25, 0.3) is 0 Å². The van der Waals surface area contributed by atoms with Crippen LogP contribution in [0.25, 0.3) is 0 Å². The molecule has 4 nitrogen and oxygen atoms in total. The second kappa shape index (κ2) is 7.45. The number of esters is 1. The highest BCUT2D eigenvalue weighted by molar-refractivity contribution is 6.42.